The average molecular weight is 296 g/mol. The first kappa shape index (κ1) is 14.8. The Balaban J connectivity index is 2.48. The maximum Gasteiger partial charge on any atom is 0.224 e. The van der Waals surface area contributed by atoms with E-state index in [1.165, 1.54) is 26.0 Å². The Bertz CT molecular complexity index is 506. The highest BCUT2D eigenvalue weighted by atomic mass is 32.2. The lowest BCUT2D eigenvalue weighted by Crippen LogP contribution is -2.22. The molecule has 1 fully saturated rings. The van der Waals surface area contributed by atoms with Crippen LogP contribution in [-0.2, 0) is 9.59 Å². The van der Waals surface area contributed by atoms with E-state index in [0.29, 0.717) is 35.3 Å². The molecule has 1 aliphatic carbocycles. The molecule has 1 heterocycles. The summed E-state index contributed by atoms with van der Waals surface area (Å²) < 4.78 is 10.6. The summed E-state index contributed by atoms with van der Waals surface area (Å²) >= 11 is 1.37. The summed E-state index contributed by atoms with van der Waals surface area (Å²) in [5.74, 6) is 0.334. The number of ether oxygens (including phenoxy) is 2. The maximum atomic E-state index is 11.6. The SMILES string of the molecule is COc1nc(SC)nc(OC)c1C1CC(=O)CC(=O)C1. The van der Waals surface area contributed by atoms with Gasteiger partial charge in [0.15, 0.2) is 5.16 Å². The van der Waals surface area contributed by atoms with Gasteiger partial charge in [-0.05, 0) is 6.26 Å². The highest BCUT2D eigenvalue weighted by molar-refractivity contribution is 7.98. The minimum absolute atomic E-state index is 0.0187. The summed E-state index contributed by atoms with van der Waals surface area (Å²) in [6, 6.07) is 0. The van der Waals surface area contributed by atoms with E-state index in [0.717, 1.165) is 0 Å². The van der Waals surface area contributed by atoms with Gasteiger partial charge in [0.05, 0.1) is 26.2 Å². The molecule has 0 aromatic carbocycles. The number of ketones is 2. The van der Waals surface area contributed by atoms with Crippen molar-refractivity contribution in [2.75, 3.05) is 20.5 Å². The molecule has 20 heavy (non-hydrogen) atoms. The van der Waals surface area contributed by atoms with Crippen LogP contribution in [0.1, 0.15) is 30.7 Å². The fraction of sp³-hybridized carbons (Fsp3) is 0.538. The number of hydrogen-bond acceptors (Lipinski definition) is 7. The summed E-state index contributed by atoms with van der Waals surface area (Å²) in [5, 5.41) is 0.524. The molecule has 0 radical (unpaired) electrons. The number of carbonyl (C=O) groups excluding carboxylic acids is 2. The fourth-order valence-electron chi connectivity index (χ4n) is 2.35. The second-order valence-corrected chi connectivity index (χ2v) is 5.28. The molecule has 2 rings (SSSR count). The van der Waals surface area contributed by atoms with Crippen LogP contribution in [0.4, 0.5) is 0 Å². The van der Waals surface area contributed by atoms with Crippen LogP contribution < -0.4 is 9.47 Å². The average Bonchev–Trinajstić information content (AvgIpc) is 2.44. The molecule has 0 atom stereocenters. The van der Waals surface area contributed by atoms with Crippen LogP contribution in [0.2, 0.25) is 0 Å². The number of aromatic nitrogens is 2. The molecule has 1 aliphatic rings. The van der Waals surface area contributed by atoms with Crippen molar-refractivity contribution < 1.29 is 19.1 Å². The molecule has 1 aromatic heterocycles. The Morgan fingerprint density at radius 1 is 1.05 bits per heavy atom. The van der Waals surface area contributed by atoms with Crippen LogP contribution in [0.25, 0.3) is 0 Å². The Morgan fingerprint density at radius 3 is 1.95 bits per heavy atom. The Hall–Kier alpha value is -1.63. The van der Waals surface area contributed by atoms with E-state index in [-0.39, 0.29) is 23.9 Å². The molecule has 0 amide bonds. The molecule has 6 nitrogen and oxygen atoms in total. The minimum atomic E-state index is -0.274. The standard InChI is InChI=1S/C13H16N2O4S/c1-18-11-10(7-4-8(16)6-9(17)5-7)12(19-2)15-13(14-11)20-3/h7H,4-6H2,1-3H3. The number of rotatable bonds is 4. The second kappa shape index (κ2) is 6.21. The predicted molar refractivity (Wildman–Crippen MR) is 73.5 cm³/mol. The first-order chi connectivity index (χ1) is 9.58. The van der Waals surface area contributed by atoms with Crippen molar-refractivity contribution in [1.82, 2.24) is 9.97 Å². The Kier molecular flexibility index (Phi) is 4.59. The zero-order chi connectivity index (χ0) is 14.7. The van der Waals surface area contributed by atoms with Gasteiger partial charge >= 0.3 is 0 Å². The van der Waals surface area contributed by atoms with Gasteiger partial charge in [0, 0.05) is 18.8 Å². The Labute approximate surface area is 121 Å². The zero-order valence-electron chi connectivity index (χ0n) is 11.6. The van der Waals surface area contributed by atoms with Crippen LogP contribution in [0.3, 0.4) is 0 Å². The highest BCUT2D eigenvalue weighted by Crippen LogP contribution is 2.39. The molecule has 108 valence electrons. The van der Waals surface area contributed by atoms with Crippen molar-refractivity contribution in [2.24, 2.45) is 0 Å². The van der Waals surface area contributed by atoms with Crippen molar-refractivity contribution in [1.29, 1.82) is 0 Å². The molecule has 0 unspecified atom stereocenters. The first-order valence-electron chi connectivity index (χ1n) is 6.16. The third-order valence-corrected chi connectivity index (χ3v) is 3.72. The van der Waals surface area contributed by atoms with E-state index in [9.17, 15) is 9.59 Å². The smallest absolute Gasteiger partial charge is 0.224 e. The van der Waals surface area contributed by atoms with E-state index in [1.54, 1.807) is 0 Å². The van der Waals surface area contributed by atoms with Gasteiger partial charge in [-0.25, -0.2) is 0 Å². The molecule has 1 saturated carbocycles. The largest absolute Gasteiger partial charge is 0.481 e. The number of Topliss-reactive ketones (excluding diaryl/α,β-unsaturated/α-hetero) is 2. The molecular weight excluding hydrogens is 280 g/mol. The van der Waals surface area contributed by atoms with Crippen molar-refractivity contribution in [3.05, 3.63) is 5.56 Å². The lowest BCUT2D eigenvalue weighted by Gasteiger charge is -2.23. The molecule has 0 saturated heterocycles. The summed E-state index contributed by atoms with van der Waals surface area (Å²) in [5.41, 5.74) is 0.606. The van der Waals surface area contributed by atoms with Crippen molar-refractivity contribution in [3.8, 4) is 11.8 Å². The zero-order valence-corrected chi connectivity index (χ0v) is 12.5. The summed E-state index contributed by atoms with van der Waals surface area (Å²) in [6.07, 6.45) is 2.45. The van der Waals surface area contributed by atoms with Gasteiger partial charge in [-0.3, -0.25) is 9.59 Å². The van der Waals surface area contributed by atoms with E-state index in [4.69, 9.17) is 9.47 Å². The van der Waals surface area contributed by atoms with Gasteiger partial charge in [-0.15, -0.1) is 0 Å². The van der Waals surface area contributed by atoms with E-state index < -0.39 is 0 Å². The molecule has 0 bridgehead atoms. The van der Waals surface area contributed by atoms with E-state index in [1.807, 2.05) is 6.26 Å². The molecule has 1 aromatic rings. The summed E-state index contributed by atoms with van der Waals surface area (Å²) in [6.45, 7) is 0. The predicted octanol–water partition coefficient (Wildman–Crippen LogP) is 1.62. The number of hydrogen-bond donors (Lipinski definition) is 0. The lowest BCUT2D eigenvalue weighted by atomic mass is 9.83. The first-order valence-corrected chi connectivity index (χ1v) is 7.38. The topological polar surface area (TPSA) is 78.4 Å². The fourth-order valence-corrected chi connectivity index (χ4v) is 2.70. The van der Waals surface area contributed by atoms with Crippen LogP contribution in [0.15, 0.2) is 5.16 Å². The number of thioether (sulfide) groups is 1. The van der Waals surface area contributed by atoms with Crippen molar-refractivity contribution in [2.45, 2.75) is 30.3 Å². The van der Waals surface area contributed by atoms with Gasteiger partial charge in [0.2, 0.25) is 11.8 Å². The van der Waals surface area contributed by atoms with Gasteiger partial charge in [0.1, 0.15) is 11.6 Å². The van der Waals surface area contributed by atoms with Crippen LogP contribution in [-0.4, -0.2) is 42.0 Å². The summed E-state index contributed by atoms with van der Waals surface area (Å²) in [4.78, 5) is 31.8. The van der Waals surface area contributed by atoms with Gasteiger partial charge < -0.3 is 9.47 Å². The van der Waals surface area contributed by atoms with E-state index >= 15 is 0 Å². The third kappa shape index (κ3) is 2.92. The monoisotopic (exact) mass is 296 g/mol. The van der Waals surface area contributed by atoms with E-state index in [2.05, 4.69) is 9.97 Å². The van der Waals surface area contributed by atoms with Crippen molar-refractivity contribution in [3.63, 3.8) is 0 Å². The quantitative estimate of drug-likeness (QED) is 0.474. The molecule has 0 aliphatic heterocycles. The van der Waals surface area contributed by atoms with Crippen LogP contribution in [0.5, 0.6) is 11.8 Å². The van der Waals surface area contributed by atoms with Gasteiger partial charge in [-0.2, -0.15) is 9.97 Å². The van der Waals surface area contributed by atoms with Crippen LogP contribution >= 0.6 is 11.8 Å². The lowest BCUT2D eigenvalue weighted by molar-refractivity contribution is -0.130. The molecule has 0 spiro atoms. The third-order valence-electron chi connectivity index (χ3n) is 3.18. The Morgan fingerprint density at radius 2 is 1.55 bits per heavy atom. The van der Waals surface area contributed by atoms with Gasteiger partial charge in [-0.1, -0.05) is 11.8 Å². The minimum Gasteiger partial charge on any atom is -0.481 e. The van der Waals surface area contributed by atoms with Gasteiger partial charge in [0.25, 0.3) is 0 Å². The second-order valence-electron chi connectivity index (χ2n) is 4.50. The molecular formula is C13H16N2O4S. The summed E-state index contributed by atoms with van der Waals surface area (Å²) in [7, 11) is 3.00. The highest BCUT2D eigenvalue weighted by Gasteiger charge is 2.32. The molecule has 7 heteroatoms. The normalized spacial score (nSPS) is 16.4. The maximum absolute atomic E-state index is 11.6. The molecule has 0 N–H and O–H groups in total. The number of nitrogens with zero attached hydrogens (tertiary/aromatic N) is 2. The number of methoxy groups -OCH3 is 2. The van der Waals surface area contributed by atoms with Crippen LogP contribution in [0, 0.1) is 0 Å². The van der Waals surface area contributed by atoms with Crippen molar-refractivity contribution >= 4 is 23.3 Å². The number of carbonyl (C=O) groups is 2.